The van der Waals surface area contributed by atoms with Crippen molar-refractivity contribution in [3.05, 3.63) is 107 Å². The summed E-state index contributed by atoms with van der Waals surface area (Å²) in [6.45, 7) is 0.186. The lowest BCUT2D eigenvalue weighted by Gasteiger charge is -2.28. The van der Waals surface area contributed by atoms with Crippen LogP contribution in [0.25, 0.3) is 0 Å². The van der Waals surface area contributed by atoms with Crippen molar-refractivity contribution in [3.63, 3.8) is 0 Å². The number of carbonyl (C=O) groups is 2. The number of nitrogens with one attached hydrogen (secondary N) is 5. The highest BCUT2D eigenvalue weighted by atomic mass is 32.2. The number of rotatable bonds is 16. The third-order valence-electron chi connectivity index (χ3n) is 8.48. The minimum Gasteiger partial charge on any atom is -0.384 e. The molecule has 0 spiro atoms. The first kappa shape index (κ1) is 35.3. The Hall–Kier alpha value is -4.55. The lowest BCUT2D eigenvalue weighted by molar-refractivity contribution is -0.130. The summed E-state index contributed by atoms with van der Waals surface area (Å²) in [5, 5.41) is 21.0. The summed E-state index contributed by atoms with van der Waals surface area (Å²) >= 11 is 0. The fourth-order valence-corrected chi connectivity index (χ4v) is 7.19. The Morgan fingerprint density at radius 2 is 1.32 bits per heavy atom. The molecule has 1 fully saturated rings. The van der Waals surface area contributed by atoms with Gasteiger partial charge in [-0.1, -0.05) is 111 Å². The van der Waals surface area contributed by atoms with Crippen molar-refractivity contribution in [2.75, 3.05) is 0 Å². The molecule has 0 aliphatic heterocycles. The van der Waals surface area contributed by atoms with Crippen molar-refractivity contribution < 1.29 is 18.0 Å². The van der Waals surface area contributed by atoms with E-state index in [1.54, 1.807) is 60.7 Å². The summed E-state index contributed by atoms with van der Waals surface area (Å²) in [4.78, 5) is 27.4. The normalized spacial score (nSPS) is 14.9. The first-order valence-electron chi connectivity index (χ1n) is 16.0. The second kappa shape index (κ2) is 16.8. The first-order valence-corrected chi connectivity index (χ1v) is 17.6. The first-order chi connectivity index (χ1) is 22.5. The van der Waals surface area contributed by atoms with Gasteiger partial charge in [0.2, 0.25) is 21.8 Å². The Morgan fingerprint density at radius 1 is 0.745 bits per heavy atom. The Bertz CT molecular complexity index is 1620. The molecule has 0 saturated heterocycles. The van der Waals surface area contributed by atoms with Gasteiger partial charge in [-0.25, -0.2) is 13.1 Å². The topological polar surface area (TPSA) is 204 Å². The number of nitrogen functional groups attached to an aromatic ring is 2. The molecule has 12 heteroatoms. The number of aryl methyl sites for hydroxylation is 1. The predicted molar refractivity (Wildman–Crippen MR) is 184 cm³/mol. The number of hydrogen-bond acceptors (Lipinski definition) is 6. The van der Waals surface area contributed by atoms with Crippen LogP contribution in [-0.2, 0) is 38.3 Å². The number of amides is 2. The van der Waals surface area contributed by atoms with Gasteiger partial charge in [0.1, 0.15) is 23.8 Å². The summed E-state index contributed by atoms with van der Waals surface area (Å²) < 4.78 is 29.2. The van der Waals surface area contributed by atoms with Gasteiger partial charge in [-0.2, -0.15) is 0 Å². The monoisotopic (exact) mass is 659 g/mol. The molecule has 0 bridgehead atoms. The van der Waals surface area contributed by atoms with Crippen molar-refractivity contribution in [1.29, 1.82) is 10.8 Å². The average molecular weight is 660 g/mol. The highest BCUT2D eigenvalue weighted by Gasteiger charge is 2.31. The van der Waals surface area contributed by atoms with Gasteiger partial charge >= 0.3 is 0 Å². The zero-order valence-corrected chi connectivity index (χ0v) is 27.3. The van der Waals surface area contributed by atoms with Crippen molar-refractivity contribution in [3.8, 4) is 0 Å². The summed E-state index contributed by atoms with van der Waals surface area (Å²) in [7, 11) is -3.87. The maximum absolute atomic E-state index is 13.9. The number of carbonyl (C=O) groups excluding carboxylic acids is 2. The Kier molecular flexibility index (Phi) is 12.7. The molecule has 1 aliphatic carbocycles. The Morgan fingerprint density at radius 3 is 1.89 bits per heavy atom. The van der Waals surface area contributed by atoms with Crippen LogP contribution in [0, 0.1) is 16.7 Å². The van der Waals surface area contributed by atoms with E-state index in [9.17, 15) is 18.0 Å². The Balaban J connectivity index is 1.51. The number of amidine groups is 2. The molecule has 11 nitrogen and oxygen atoms in total. The van der Waals surface area contributed by atoms with E-state index in [1.807, 2.05) is 18.2 Å². The fourth-order valence-electron chi connectivity index (χ4n) is 5.83. The van der Waals surface area contributed by atoms with Gasteiger partial charge in [-0.15, -0.1) is 0 Å². The van der Waals surface area contributed by atoms with Gasteiger partial charge in [-0.3, -0.25) is 20.4 Å². The average Bonchev–Trinajstić information content (AvgIpc) is 3.06. The van der Waals surface area contributed by atoms with Crippen LogP contribution in [0.5, 0.6) is 0 Å². The number of benzene rings is 3. The number of hydrogen-bond donors (Lipinski definition) is 7. The van der Waals surface area contributed by atoms with E-state index in [-0.39, 0.29) is 36.3 Å². The lowest BCUT2D eigenvalue weighted by atomic mass is 9.85. The molecule has 3 aromatic carbocycles. The molecule has 0 heterocycles. The molecule has 250 valence electrons. The predicted octanol–water partition coefficient (Wildman–Crippen LogP) is 3.45. The van der Waals surface area contributed by atoms with Crippen LogP contribution < -0.4 is 26.8 Å². The molecule has 2 amide bonds. The zero-order chi connectivity index (χ0) is 33.8. The molecule has 0 aromatic heterocycles. The molecule has 9 N–H and O–H groups in total. The van der Waals surface area contributed by atoms with Crippen LogP contribution in [0.4, 0.5) is 0 Å². The Labute approximate surface area is 277 Å². The molecule has 3 aromatic rings. The lowest BCUT2D eigenvalue weighted by Crippen LogP contribution is -2.54. The molecule has 47 heavy (non-hydrogen) atoms. The zero-order valence-electron chi connectivity index (χ0n) is 26.5. The molecule has 2 unspecified atom stereocenters. The van der Waals surface area contributed by atoms with Crippen LogP contribution in [0.1, 0.15) is 72.8 Å². The van der Waals surface area contributed by atoms with Gasteiger partial charge in [0, 0.05) is 17.7 Å². The summed E-state index contributed by atoms with van der Waals surface area (Å²) in [5.41, 5.74) is 14.6. The summed E-state index contributed by atoms with van der Waals surface area (Å²) in [6.07, 6.45) is 6.10. The van der Waals surface area contributed by atoms with Crippen LogP contribution in [0.2, 0.25) is 0 Å². The van der Waals surface area contributed by atoms with Crippen molar-refractivity contribution in [2.24, 2.45) is 17.4 Å². The van der Waals surface area contributed by atoms with E-state index >= 15 is 0 Å². The van der Waals surface area contributed by atoms with Gasteiger partial charge in [0.15, 0.2) is 0 Å². The highest BCUT2D eigenvalue weighted by Crippen LogP contribution is 2.28. The molecule has 4 rings (SSSR count). The molecular weight excluding hydrogens is 614 g/mol. The van der Waals surface area contributed by atoms with Gasteiger partial charge in [0.25, 0.3) is 0 Å². The smallest absolute Gasteiger partial charge is 0.242 e. The van der Waals surface area contributed by atoms with E-state index in [0.29, 0.717) is 29.5 Å². The van der Waals surface area contributed by atoms with Crippen molar-refractivity contribution in [2.45, 2.75) is 75.7 Å². The second-order valence-electron chi connectivity index (χ2n) is 12.2. The third kappa shape index (κ3) is 11.3. The standard InChI is InChI=1S/C35H45N7O4S/c36-32(37)28-16-11-24(12-17-28)15-20-30(34(43)40-22-26-13-18-29(19-14-26)33(38)39)41-35(44)31(21-25-7-3-1-4-8-25)42-47(45,46)23-27-9-5-2-6-10-27/h2,5-6,9-14,16-19,25,30-31,42H,1,3-4,7-8,15,20-23H2,(H3,36,37)(H3,38,39)(H,40,43)(H,41,44). The van der Waals surface area contributed by atoms with Crippen LogP contribution in [-0.4, -0.2) is 44.0 Å². The van der Waals surface area contributed by atoms with Crippen LogP contribution >= 0.6 is 0 Å². The fraction of sp³-hybridized carbons (Fsp3) is 0.371. The van der Waals surface area contributed by atoms with Crippen molar-refractivity contribution >= 4 is 33.5 Å². The minimum absolute atomic E-state index is 0.0453. The van der Waals surface area contributed by atoms with E-state index < -0.39 is 33.9 Å². The molecule has 1 aliphatic rings. The molecular formula is C35H45N7O4S. The third-order valence-corrected chi connectivity index (χ3v) is 9.84. The van der Waals surface area contributed by atoms with E-state index in [2.05, 4.69) is 15.4 Å². The van der Waals surface area contributed by atoms with Crippen LogP contribution in [0.3, 0.4) is 0 Å². The van der Waals surface area contributed by atoms with E-state index in [1.165, 1.54) is 0 Å². The number of sulfonamides is 1. The largest absolute Gasteiger partial charge is 0.384 e. The quantitative estimate of drug-likeness (QED) is 0.0906. The summed E-state index contributed by atoms with van der Waals surface area (Å²) in [6, 6.07) is 20.9. The molecule has 1 saturated carbocycles. The van der Waals surface area contributed by atoms with E-state index in [0.717, 1.165) is 43.2 Å². The number of nitrogens with two attached hydrogens (primary N) is 2. The van der Waals surface area contributed by atoms with Crippen LogP contribution in [0.15, 0.2) is 78.9 Å². The SMILES string of the molecule is N=C(N)c1ccc(CCC(NC(=O)C(CC2CCCCC2)NS(=O)(=O)Cc2ccccc2)C(=O)NCc2ccc(C(=N)N)cc2)cc1. The minimum atomic E-state index is -3.87. The maximum atomic E-state index is 13.9. The molecule has 2 atom stereocenters. The van der Waals surface area contributed by atoms with Gasteiger partial charge < -0.3 is 22.1 Å². The molecule has 0 radical (unpaired) electrons. The maximum Gasteiger partial charge on any atom is 0.242 e. The van der Waals surface area contributed by atoms with Gasteiger partial charge in [-0.05, 0) is 41.9 Å². The van der Waals surface area contributed by atoms with Gasteiger partial charge in [0.05, 0.1) is 5.75 Å². The van der Waals surface area contributed by atoms with Crippen molar-refractivity contribution in [1.82, 2.24) is 15.4 Å². The van der Waals surface area contributed by atoms with E-state index in [4.69, 9.17) is 22.3 Å². The highest BCUT2D eigenvalue weighted by molar-refractivity contribution is 7.88. The summed E-state index contributed by atoms with van der Waals surface area (Å²) in [5.74, 6) is -1.10. The second-order valence-corrected chi connectivity index (χ2v) is 13.9.